The van der Waals surface area contributed by atoms with E-state index in [0.29, 0.717) is 0 Å². The quantitative estimate of drug-likeness (QED) is 0.400. The maximum atomic E-state index is 12.2. The van der Waals surface area contributed by atoms with Crippen molar-refractivity contribution in [3.63, 3.8) is 0 Å². The Morgan fingerprint density at radius 2 is 1.72 bits per heavy atom. The first kappa shape index (κ1) is 17.8. The van der Waals surface area contributed by atoms with E-state index < -0.39 is 20.3 Å². The van der Waals surface area contributed by atoms with Gasteiger partial charge in [0.05, 0.1) is 0 Å². The minimum atomic E-state index is -4.62. The van der Waals surface area contributed by atoms with Crippen LogP contribution in [0.4, 0.5) is 0 Å². The summed E-state index contributed by atoms with van der Waals surface area (Å²) in [5.74, 6) is 2.30. The molecule has 2 unspecified atom stereocenters. The van der Waals surface area contributed by atoms with Crippen LogP contribution in [-0.4, -0.2) is 36.4 Å². The van der Waals surface area contributed by atoms with Gasteiger partial charge in [-0.15, -0.1) is 12.3 Å². The monoisotopic (exact) mass is 300 g/mol. The Bertz CT molecular complexity index is 394. The molecule has 7 nitrogen and oxygen atoms in total. The molecule has 0 rings (SSSR count). The first-order chi connectivity index (χ1) is 8.24. The van der Waals surface area contributed by atoms with E-state index in [2.05, 4.69) is 19.5 Å². The van der Waals surface area contributed by atoms with Gasteiger partial charge in [-0.05, 0) is 6.42 Å². The minimum absolute atomic E-state index is 0.164. The highest BCUT2D eigenvalue weighted by Crippen LogP contribution is 2.75. The summed E-state index contributed by atoms with van der Waals surface area (Å²) in [6.07, 6.45) is 5.10. The lowest BCUT2D eigenvalue weighted by molar-refractivity contribution is 0.102. The van der Waals surface area contributed by atoms with Crippen molar-refractivity contribution in [2.75, 3.05) is 21.3 Å². The molecule has 0 aromatic carbocycles. The highest BCUT2D eigenvalue weighted by Gasteiger charge is 2.62. The second kappa shape index (κ2) is 6.83. The molecule has 0 saturated heterocycles. The van der Waals surface area contributed by atoms with Crippen LogP contribution in [0, 0.1) is 12.3 Å². The van der Waals surface area contributed by atoms with Crippen LogP contribution in [0.25, 0.3) is 0 Å². The summed E-state index contributed by atoms with van der Waals surface area (Å²) in [6, 6.07) is 0. The van der Waals surface area contributed by atoms with Crippen LogP contribution >= 0.6 is 15.2 Å². The van der Waals surface area contributed by atoms with Gasteiger partial charge in [-0.3, -0.25) is 9.13 Å². The number of hydrogen-bond acceptors (Lipinski definition) is 6. The van der Waals surface area contributed by atoms with Gasteiger partial charge in [-0.25, -0.2) is 0 Å². The molecule has 0 aromatic rings. The van der Waals surface area contributed by atoms with Crippen molar-refractivity contribution in [1.82, 2.24) is 0 Å². The van der Waals surface area contributed by atoms with Gasteiger partial charge in [0.1, 0.15) is 0 Å². The zero-order valence-corrected chi connectivity index (χ0v) is 12.3. The molecule has 0 radical (unpaired) electrons. The predicted molar refractivity (Wildman–Crippen MR) is 66.1 cm³/mol. The molecule has 0 fully saturated rings. The number of rotatable bonds is 8. The van der Waals surface area contributed by atoms with Crippen molar-refractivity contribution in [1.29, 1.82) is 0 Å². The van der Waals surface area contributed by atoms with Gasteiger partial charge in [0.25, 0.3) is 5.08 Å². The molecule has 18 heavy (non-hydrogen) atoms. The molecule has 0 heterocycles. The lowest BCUT2D eigenvalue weighted by Crippen LogP contribution is -2.30. The van der Waals surface area contributed by atoms with E-state index in [1.54, 1.807) is 0 Å². The fourth-order valence-corrected chi connectivity index (χ4v) is 5.25. The van der Waals surface area contributed by atoms with E-state index in [9.17, 15) is 19.1 Å². The highest BCUT2D eigenvalue weighted by molar-refractivity contribution is 7.73. The number of aliphatic hydroxyl groups is 1. The first-order valence-electron chi connectivity index (χ1n) is 5.00. The summed E-state index contributed by atoms with van der Waals surface area (Å²) in [5.41, 5.74) is 0. The van der Waals surface area contributed by atoms with E-state index >= 15 is 0 Å². The van der Waals surface area contributed by atoms with Crippen molar-refractivity contribution in [2.24, 2.45) is 0 Å². The van der Waals surface area contributed by atoms with Gasteiger partial charge >= 0.3 is 15.2 Å². The third-order valence-electron chi connectivity index (χ3n) is 2.45. The molecular formula is C9H18O7P2. The van der Waals surface area contributed by atoms with E-state index in [-0.39, 0.29) is 19.3 Å². The van der Waals surface area contributed by atoms with Crippen molar-refractivity contribution < 1.29 is 32.7 Å². The van der Waals surface area contributed by atoms with Gasteiger partial charge in [-0.2, -0.15) is 0 Å². The molecule has 0 aliphatic carbocycles. The minimum Gasteiger partial charge on any atom is -0.368 e. The predicted octanol–water partition coefficient (Wildman–Crippen LogP) is 1.75. The summed E-state index contributed by atoms with van der Waals surface area (Å²) in [5, 5.41) is 7.62. The molecule has 2 N–H and O–H groups in total. The van der Waals surface area contributed by atoms with E-state index in [1.807, 2.05) is 0 Å². The molecule has 0 amide bonds. The summed E-state index contributed by atoms with van der Waals surface area (Å²) in [7, 11) is -5.92. The Kier molecular flexibility index (Phi) is 6.77. The van der Waals surface area contributed by atoms with E-state index in [4.69, 9.17) is 6.42 Å². The Morgan fingerprint density at radius 3 is 2.06 bits per heavy atom. The van der Waals surface area contributed by atoms with Crippen LogP contribution < -0.4 is 0 Å². The van der Waals surface area contributed by atoms with E-state index in [0.717, 1.165) is 21.3 Å². The Balaban J connectivity index is 5.50. The van der Waals surface area contributed by atoms with Crippen LogP contribution in [0.15, 0.2) is 0 Å². The normalized spacial score (nSPS) is 18.7. The van der Waals surface area contributed by atoms with Crippen LogP contribution in [0.5, 0.6) is 0 Å². The average molecular weight is 300 g/mol. The fraction of sp³-hybridized carbons (Fsp3) is 0.778. The van der Waals surface area contributed by atoms with Gasteiger partial charge < -0.3 is 23.6 Å². The Morgan fingerprint density at radius 1 is 1.22 bits per heavy atom. The summed E-state index contributed by atoms with van der Waals surface area (Å²) < 4.78 is 37.6. The van der Waals surface area contributed by atoms with Crippen molar-refractivity contribution in [3.05, 3.63) is 0 Å². The maximum absolute atomic E-state index is 12.2. The van der Waals surface area contributed by atoms with Crippen molar-refractivity contribution in [2.45, 2.75) is 24.3 Å². The number of unbranched alkanes of at least 4 members (excludes halogenated alkanes) is 1. The lowest BCUT2D eigenvalue weighted by atomic mass is 10.2. The van der Waals surface area contributed by atoms with Crippen LogP contribution in [0.3, 0.4) is 0 Å². The van der Waals surface area contributed by atoms with Crippen LogP contribution in [0.2, 0.25) is 0 Å². The molecule has 0 bridgehead atoms. The zero-order valence-electron chi connectivity index (χ0n) is 10.5. The third-order valence-corrected chi connectivity index (χ3v) is 7.63. The van der Waals surface area contributed by atoms with Crippen LogP contribution in [-0.2, 0) is 22.7 Å². The maximum Gasteiger partial charge on any atom is 0.374 e. The lowest BCUT2D eigenvalue weighted by Gasteiger charge is -2.34. The highest BCUT2D eigenvalue weighted by atomic mass is 31.2. The van der Waals surface area contributed by atoms with E-state index in [1.165, 1.54) is 0 Å². The first-order valence-corrected chi connectivity index (χ1v) is 8.12. The molecule has 0 aromatic heterocycles. The Hall–Kier alpha value is -0.180. The van der Waals surface area contributed by atoms with Crippen molar-refractivity contribution in [3.8, 4) is 12.3 Å². The molecule has 0 aliphatic rings. The van der Waals surface area contributed by atoms with Gasteiger partial charge in [0, 0.05) is 34.2 Å². The summed E-state index contributed by atoms with van der Waals surface area (Å²) in [4.78, 5) is 9.64. The zero-order chi connectivity index (χ0) is 14.4. The number of terminal acetylenes is 1. The molecule has 106 valence electrons. The van der Waals surface area contributed by atoms with Gasteiger partial charge in [-0.1, -0.05) is 0 Å². The SMILES string of the molecule is C#CCCCC(O)(P(=O)(O)OC)P(=O)(OC)OC. The van der Waals surface area contributed by atoms with Crippen LogP contribution in [0.1, 0.15) is 19.3 Å². The molecular weight excluding hydrogens is 282 g/mol. The fourth-order valence-electron chi connectivity index (χ4n) is 1.37. The Labute approximate surface area is 107 Å². The van der Waals surface area contributed by atoms with Gasteiger partial charge in [0.15, 0.2) is 0 Å². The summed E-state index contributed by atoms with van der Waals surface area (Å²) >= 11 is 0. The molecule has 0 spiro atoms. The summed E-state index contributed by atoms with van der Waals surface area (Å²) in [6.45, 7) is 0. The van der Waals surface area contributed by atoms with Crippen molar-refractivity contribution >= 4 is 15.2 Å². The standard InChI is InChI=1S/C9H18O7P2/c1-5-6-7-8-9(10,17(11,12)14-2)18(13,15-3)16-4/h1,10H,6-8H2,2-4H3,(H,11,12). The second-order valence-corrected chi connectivity index (χ2v) is 8.36. The largest absolute Gasteiger partial charge is 0.374 e. The third kappa shape index (κ3) is 3.23. The average Bonchev–Trinajstić information content (AvgIpc) is 2.37. The molecule has 9 heteroatoms. The molecule has 0 aliphatic heterocycles. The number of hydrogen-bond donors (Lipinski definition) is 2. The molecule has 0 saturated carbocycles. The molecule has 2 atom stereocenters. The smallest absolute Gasteiger partial charge is 0.368 e. The topological polar surface area (TPSA) is 102 Å². The van der Waals surface area contributed by atoms with Gasteiger partial charge in [0.2, 0.25) is 0 Å². The second-order valence-electron chi connectivity index (χ2n) is 3.40.